The Bertz CT molecular complexity index is 1060. The van der Waals surface area contributed by atoms with Crippen LogP contribution in [-0.2, 0) is 5.41 Å². The van der Waals surface area contributed by atoms with E-state index in [-0.39, 0.29) is 5.41 Å². The maximum atomic E-state index is 4.71. The van der Waals surface area contributed by atoms with Gasteiger partial charge in [0.15, 0.2) is 0 Å². The molecule has 5 nitrogen and oxygen atoms in total. The number of pyridine rings is 1. The molecule has 0 saturated carbocycles. The highest BCUT2D eigenvalue weighted by atomic mass is 15.1. The molecule has 0 fully saturated rings. The summed E-state index contributed by atoms with van der Waals surface area (Å²) in [4.78, 5) is 18.3. The van der Waals surface area contributed by atoms with Gasteiger partial charge < -0.3 is 0 Å². The second kappa shape index (κ2) is 6.02. The molecule has 0 unspecified atom stereocenters. The molecular formula is C21H21N5. The number of aryl methyl sites for hydroxylation is 1. The standard InChI is InChI=1S/C21H21N5/c1-14-25-18-10-17(15-11-23-20(24-12-15)21(2,3)4)22-13-19(18)26(14)16-8-6-5-7-9-16/h5-13H,1-4H3. The number of imidazole rings is 1. The highest BCUT2D eigenvalue weighted by Crippen LogP contribution is 2.25. The Morgan fingerprint density at radius 1 is 0.885 bits per heavy atom. The van der Waals surface area contributed by atoms with E-state index in [4.69, 9.17) is 4.98 Å². The third-order valence-electron chi connectivity index (χ3n) is 4.34. The lowest BCUT2D eigenvalue weighted by molar-refractivity contribution is 0.545. The van der Waals surface area contributed by atoms with Gasteiger partial charge in [-0.05, 0) is 25.1 Å². The van der Waals surface area contributed by atoms with Crippen molar-refractivity contribution in [3.8, 4) is 16.9 Å². The molecule has 0 bridgehead atoms. The Morgan fingerprint density at radius 3 is 2.23 bits per heavy atom. The van der Waals surface area contributed by atoms with Gasteiger partial charge in [0.2, 0.25) is 0 Å². The summed E-state index contributed by atoms with van der Waals surface area (Å²) in [6, 6.07) is 12.2. The molecule has 0 atom stereocenters. The van der Waals surface area contributed by atoms with Gasteiger partial charge in [0, 0.05) is 29.1 Å². The molecule has 0 N–H and O–H groups in total. The summed E-state index contributed by atoms with van der Waals surface area (Å²) in [5.41, 5.74) is 4.64. The third-order valence-corrected chi connectivity index (χ3v) is 4.34. The largest absolute Gasteiger partial charge is 0.295 e. The number of hydrogen-bond acceptors (Lipinski definition) is 4. The quantitative estimate of drug-likeness (QED) is 0.538. The molecule has 0 amide bonds. The van der Waals surface area contributed by atoms with E-state index < -0.39 is 0 Å². The molecule has 0 aliphatic heterocycles. The smallest absolute Gasteiger partial charge is 0.133 e. The van der Waals surface area contributed by atoms with E-state index in [1.807, 2.05) is 49.8 Å². The molecule has 0 spiro atoms. The number of benzene rings is 1. The number of hydrogen-bond donors (Lipinski definition) is 0. The van der Waals surface area contributed by atoms with E-state index in [1.165, 1.54) is 0 Å². The van der Waals surface area contributed by atoms with Crippen molar-refractivity contribution in [1.29, 1.82) is 0 Å². The van der Waals surface area contributed by atoms with Gasteiger partial charge in [-0.25, -0.2) is 15.0 Å². The second-order valence-electron chi connectivity index (χ2n) is 7.43. The Balaban J connectivity index is 1.78. The third kappa shape index (κ3) is 2.86. The minimum atomic E-state index is -0.0680. The number of aromatic nitrogens is 5. The topological polar surface area (TPSA) is 56.5 Å². The number of para-hydroxylation sites is 1. The van der Waals surface area contributed by atoms with Crippen LogP contribution in [-0.4, -0.2) is 24.5 Å². The van der Waals surface area contributed by atoms with E-state index in [1.54, 1.807) is 0 Å². The fourth-order valence-electron chi connectivity index (χ4n) is 3.01. The zero-order valence-electron chi connectivity index (χ0n) is 15.4. The average molecular weight is 343 g/mol. The normalized spacial score (nSPS) is 11.8. The summed E-state index contributed by atoms with van der Waals surface area (Å²) in [5, 5.41) is 0. The Labute approximate surface area is 152 Å². The molecule has 0 aliphatic carbocycles. The van der Waals surface area contributed by atoms with Crippen molar-refractivity contribution in [3.63, 3.8) is 0 Å². The lowest BCUT2D eigenvalue weighted by atomic mass is 9.96. The van der Waals surface area contributed by atoms with E-state index in [0.717, 1.165) is 39.6 Å². The van der Waals surface area contributed by atoms with E-state index in [9.17, 15) is 0 Å². The zero-order chi connectivity index (χ0) is 18.3. The molecule has 4 rings (SSSR count). The molecule has 4 aromatic rings. The van der Waals surface area contributed by atoms with Crippen LogP contribution in [0.4, 0.5) is 0 Å². The summed E-state index contributed by atoms with van der Waals surface area (Å²) >= 11 is 0. The fraction of sp³-hybridized carbons (Fsp3) is 0.238. The number of nitrogens with zero attached hydrogens (tertiary/aromatic N) is 5. The monoisotopic (exact) mass is 343 g/mol. The number of fused-ring (bicyclic) bond motifs is 1. The molecule has 26 heavy (non-hydrogen) atoms. The first kappa shape index (κ1) is 16.4. The van der Waals surface area contributed by atoms with Gasteiger partial charge in [-0.15, -0.1) is 0 Å². The summed E-state index contributed by atoms with van der Waals surface area (Å²) in [6.45, 7) is 8.32. The van der Waals surface area contributed by atoms with Crippen molar-refractivity contribution in [2.75, 3.05) is 0 Å². The summed E-state index contributed by atoms with van der Waals surface area (Å²) in [5.74, 6) is 1.76. The van der Waals surface area contributed by atoms with Crippen molar-refractivity contribution in [1.82, 2.24) is 24.5 Å². The van der Waals surface area contributed by atoms with Crippen LogP contribution in [0, 0.1) is 6.92 Å². The summed E-state index contributed by atoms with van der Waals surface area (Å²) < 4.78 is 2.12. The van der Waals surface area contributed by atoms with E-state index in [2.05, 4.69) is 52.4 Å². The Morgan fingerprint density at radius 2 is 1.58 bits per heavy atom. The maximum absolute atomic E-state index is 4.71. The highest BCUT2D eigenvalue weighted by Gasteiger charge is 2.17. The van der Waals surface area contributed by atoms with Crippen molar-refractivity contribution >= 4 is 11.0 Å². The van der Waals surface area contributed by atoms with Crippen LogP contribution in [0.5, 0.6) is 0 Å². The van der Waals surface area contributed by atoms with Gasteiger partial charge >= 0.3 is 0 Å². The van der Waals surface area contributed by atoms with Crippen molar-refractivity contribution in [2.24, 2.45) is 0 Å². The van der Waals surface area contributed by atoms with Gasteiger partial charge in [0.25, 0.3) is 0 Å². The van der Waals surface area contributed by atoms with E-state index >= 15 is 0 Å². The Hall–Kier alpha value is -3.08. The Kier molecular flexibility index (Phi) is 3.80. The van der Waals surface area contributed by atoms with E-state index in [0.29, 0.717) is 0 Å². The first-order chi connectivity index (χ1) is 12.4. The molecule has 0 radical (unpaired) electrons. The van der Waals surface area contributed by atoms with Crippen LogP contribution in [0.2, 0.25) is 0 Å². The van der Waals surface area contributed by atoms with Gasteiger partial charge in [-0.2, -0.15) is 0 Å². The van der Waals surface area contributed by atoms with Crippen molar-refractivity contribution in [2.45, 2.75) is 33.1 Å². The molecule has 0 aliphatic rings. The van der Waals surface area contributed by atoms with Gasteiger partial charge in [0.1, 0.15) is 11.6 Å². The van der Waals surface area contributed by atoms with Crippen LogP contribution in [0.1, 0.15) is 32.4 Å². The maximum Gasteiger partial charge on any atom is 0.133 e. The number of rotatable bonds is 2. The van der Waals surface area contributed by atoms with Crippen molar-refractivity contribution in [3.05, 3.63) is 66.6 Å². The van der Waals surface area contributed by atoms with Gasteiger partial charge in [-0.1, -0.05) is 39.0 Å². The molecule has 3 heterocycles. The first-order valence-corrected chi connectivity index (χ1v) is 8.67. The van der Waals surface area contributed by atoms with Crippen LogP contribution < -0.4 is 0 Å². The average Bonchev–Trinajstić information content (AvgIpc) is 2.96. The zero-order valence-corrected chi connectivity index (χ0v) is 15.4. The highest BCUT2D eigenvalue weighted by molar-refractivity contribution is 5.81. The van der Waals surface area contributed by atoms with Crippen LogP contribution in [0.25, 0.3) is 28.0 Å². The molecule has 0 saturated heterocycles. The SMILES string of the molecule is Cc1nc2cc(-c3cnc(C(C)(C)C)nc3)ncc2n1-c1ccccc1. The molecule has 1 aromatic carbocycles. The van der Waals surface area contributed by atoms with Crippen LogP contribution in [0.3, 0.4) is 0 Å². The molecule has 3 aromatic heterocycles. The van der Waals surface area contributed by atoms with Crippen LogP contribution in [0.15, 0.2) is 55.0 Å². The molecule has 5 heteroatoms. The first-order valence-electron chi connectivity index (χ1n) is 8.67. The van der Waals surface area contributed by atoms with Gasteiger partial charge in [-0.3, -0.25) is 9.55 Å². The fourth-order valence-corrected chi connectivity index (χ4v) is 3.01. The van der Waals surface area contributed by atoms with Crippen molar-refractivity contribution < 1.29 is 0 Å². The summed E-state index contributed by atoms with van der Waals surface area (Å²) in [7, 11) is 0. The molecular weight excluding hydrogens is 322 g/mol. The van der Waals surface area contributed by atoms with Gasteiger partial charge in [0.05, 0.1) is 22.9 Å². The lowest BCUT2D eigenvalue weighted by Gasteiger charge is -2.15. The summed E-state index contributed by atoms with van der Waals surface area (Å²) in [6.07, 6.45) is 5.54. The minimum absolute atomic E-state index is 0.0680. The predicted molar refractivity (Wildman–Crippen MR) is 103 cm³/mol. The van der Waals surface area contributed by atoms with Crippen LogP contribution >= 0.6 is 0 Å². The predicted octanol–water partition coefficient (Wildman–Crippen LogP) is 4.48. The lowest BCUT2D eigenvalue weighted by Crippen LogP contribution is -2.15. The minimum Gasteiger partial charge on any atom is -0.295 e. The molecule has 130 valence electrons. The second-order valence-corrected chi connectivity index (χ2v) is 7.43.